The van der Waals surface area contributed by atoms with Crippen LogP contribution >= 0.6 is 0 Å². The van der Waals surface area contributed by atoms with Gasteiger partial charge in [0.1, 0.15) is 11.6 Å². The monoisotopic (exact) mass is 272 g/mol. The third-order valence-corrected chi connectivity index (χ3v) is 3.01. The molecule has 0 aliphatic heterocycles. The zero-order valence-electron chi connectivity index (χ0n) is 11.7. The highest BCUT2D eigenvalue weighted by atomic mass is 19.1. The van der Waals surface area contributed by atoms with Crippen LogP contribution in [0.4, 0.5) is 8.78 Å². The lowest BCUT2D eigenvalue weighted by Crippen LogP contribution is -2.30. The lowest BCUT2D eigenvalue weighted by molar-refractivity contribution is 0.139. The van der Waals surface area contributed by atoms with Crippen LogP contribution in [0.15, 0.2) is 18.2 Å². The van der Waals surface area contributed by atoms with Crippen molar-refractivity contribution in [3.63, 3.8) is 0 Å². The largest absolute Gasteiger partial charge is 0.392 e. The van der Waals surface area contributed by atoms with Gasteiger partial charge in [0.25, 0.3) is 0 Å². The van der Waals surface area contributed by atoms with Crippen LogP contribution in [0.2, 0.25) is 0 Å². The Kier molecular flexibility index (Phi) is 6.34. The maximum Gasteiger partial charge on any atom is 0.126 e. The molecule has 0 radical (unpaired) electrons. The zero-order valence-corrected chi connectivity index (χ0v) is 11.7. The third-order valence-electron chi connectivity index (χ3n) is 3.01. The molecule has 0 spiro atoms. The normalized spacial score (nSPS) is 14.7. The average Bonchev–Trinajstić information content (AvgIpc) is 2.27. The number of nitrogens with one attached hydrogen (secondary N) is 1. The smallest absolute Gasteiger partial charge is 0.126 e. The maximum atomic E-state index is 13.2. The van der Waals surface area contributed by atoms with Gasteiger partial charge in [0.15, 0.2) is 0 Å². The number of benzene rings is 1. The first kappa shape index (κ1) is 16.0. The van der Waals surface area contributed by atoms with E-state index < -0.39 is 11.6 Å². The van der Waals surface area contributed by atoms with Crippen molar-refractivity contribution in [3.05, 3.63) is 35.4 Å². The molecule has 1 aromatic rings. The molecular weight excluding hydrogens is 250 g/mol. The Hall–Kier alpha value is -1.04. The predicted octanol–water partition coefficient (Wildman–Crippen LogP) is 1.93. The van der Waals surface area contributed by atoms with Crippen LogP contribution in [0.5, 0.6) is 0 Å². The van der Waals surface area contributed by atoms with E-state index in [4.69, 9.17) is 0 Å². The first-order valence-corrected chi connectivity index (χ1v) is 6.42. The van der Waals surface area contributed by atoms with Crippen LogP contribution < -0.4 is 5.32 Å². The number of likely N-dealkylation sites (N-methyl/N-ethyl adjacent to an activating group) is 1. The van der Waals surface area contributed by atoms with Gasteiger partial charge in [-0.3, -0.25) is 0 Å². The molecule has 19 heavy (non-hydrogen) atoms. The van der Waals surface area contributed by atoms with E-state index in [0.717, 1.165) is 12.6 Å². The Bertz CT molecular complexity index is 379. The van der Waals surface area contributed by atoms with Crippen molar-refractivity contribution in [1.29, 1.82) is 0 Å². The van der Waals surface area contributed by atoms with Crippen molar-refractivity contribution in [2.75, 3.05) is 27.2 Å². The van der Waals surface area contributed by atoms with Gasteiger partial charge in [-0.1, -0.05) is 0 Å². The van der Waals surface area contributed by atoms with Crippen molar-refractivity contribution in [3.8, 4) is 0 Å². The average molecular weight is 272 g/mol. The summed E-state index contributed by atoms with van der Waals surface area (Å²) in [5, 5.41) is 12.3. The van der Waals surface area contributed by atoms with Gasteiger partial charge < -0.3 is 15.3 Å². The standard InChI is InChI=1S/C14H22F2N2O/c1-10(19)9-18(3)5-4-14(17-2)11-6-12(15)8-13(16)7-11/h6-8,10,14,17,19H,4-5,9H2,1-3H3. The van der Waals surface area contributed by atoms with E-state index in [1.54, 1.807) is 14.0 Å². The molecule has 5 heteroatoms. The summed E-state index contributed by atoms with van der Waals surface area (Å²) in [4.78, 5) is 1.99. The first-order chi connectivity index (χ1) is 8.92. The minimum absolute atomic E-state index is 0.110. The molecule has 0 amide bonds. The van der Waals surface area contributed by atoms with Gasteiger partial charge in [0.2, 0.25) is 0 Å². The second-order valence-corrected chi connectivity index (χ2v) is 4.94. The van der Waals surface area contributed by atoms with E-state index in [0.29, 0.717) is 18.5 Å². The van der Waals surface area contributed by atoms with Gasteiger partial charge in [0, 0.05) is 18.7 Å². The molecule has 108 valence electrons. The molecule has 0 heterocycles. The summed E-state index contributed by atoms with van der Waals surface area (Å²) in [5.41, 5.74) is 0.602. The molecule has 0 aromatic heterocycles. The van der Waals surface area contributed by atoms with Crippen molar-refractivity contribution < 1.29 is 13.9 Å². The second kappa shape index (κ2) is 7.53. The lowest BCUT2D eigenvalue weighted by atomic mass is 10.0. The molecule has 0 bridgehead atoms. The Morgan fingerprint density at radius 2 is 1.84 bits per heavy atom. The predicted molar refractivity (Wildman–Crippen MR) is 72.0 cm³/mol. The molecule has 1 aromatic carbocycles. The summed E-state index contributed by atoms with van der Waals surface area (Å²) in [6.07, 6.45) is 0.326. The number of hydrogen-bond donors (Lipinski definition) is 2. The van der Waals surface area contributed by atoms with Crippen LogP contribution in [0.1, 0.15) is 24.9 Å². The van der Waals surface area contributed by atoms with Crippen molar-refractivity contribution >= 4 is 0 Å². The second-order valence-electron chi connectivity index (χ2n) is 4.94. The van der Waals surface area contributed by atoms with Crippen LogP contribution in [-0.2, 0) is 0 Å². The van der Waals surface area contributed by atoms with Crippen LogP contribution in [-0.4, -0.2) is 43.3 Å². The van der Waals surface area contributed by atoms with Crippen molar-refractivity contribution in [2.24, 2.45) is 0 Å². The molecule has 3 nitrogen and oxygen atoms in total. The molecule has 0 aliphatic rings. The van der Waals surface area contributed by atoms with Crippen LogP contribution in [0, 0.1) is 11.6 Å². The Balaban J connectivity index is 2.62. The fourth-order valence-corrected chi connectivity index (χ4v) is 2.15. The van der Waals surface area contributed by atoms with Gasteiger partial charge in [-0.2, -0.15) is 0 Å². The summed E-state index contributed by atoms with van der Waals surface area (Å²) >= 11 is 0. The van der Waals surface area contributed by atoms with E-state index in [1.807, 2.05) is 11.9 Å². The molecule has 2 atom stereocenters. The van der Waals surface area contributed by atoms with E-state index in [-0.39, 0.29) is 12.1 Å². The van der Waals surface area contributed by atoms with Crippen LogP contribution in [0.25, 0.3) is 0 Å². The SMILES string of the molecule is CNC(CCN(C)CC(C)O)c1cc(F)cc(F)c1. The molecule has 0 saturated heterocycles. The molecule has 0 aliphatic carbocycles. The first-order valence-electron chi connectivity index (χ1n) is 6.42. The van der Waals surface area contributed by atoms with Gasteiger partial charge in [-0.05, 0) is 51.7 Å². The van der Waals surface area contributed by atoms with Crippen molar-refractivity contribution in [2.45, 2.75) is 25.5 Å². The van der Waals surface area contributed by atoms with Gasteiger partial charge in [0.05, 0.1) is 6.10 Å². The highest BCUT2D eigenvalue weighted by molar-refractivity contribution is 5.21. The maximum absolute atomic E-state index is 13.2. The van der Waals surface area contributed by atoms with Gasteiger partial charge >= 0.3 is 0 Å². The van der Waals surface area contributed by atoms with Crippen LogP contribution in [0.3, 0.4) is 0 Å². The number of aliphatic hydroxyl groups is 1. The van der Waals surface area contributed by atoms with E-state index >= 15 is 0 Å². The Labute approximate surface area is 113 Å². The zero-order chi connectivity index (χ0) is 14.4. The minimum atomic E-state index is -0.562. The topological polar surface area (TPSA) is 35.5 Å². The quantitative estimate of drug-likeness (QED) is 0.796. The van der Waals surface area contributed by atoms with E-state index in [2.05, 4.69) is 5.32 Å². The number of hydrogen-bond acceptors (Lipinski definition) is 3. The number of nitrogens with zero attached hydrogens (tertiary/aromatic N) is 1. The van der Waals surface area contributed by atoms with Gasteiger partial charge in [-0.15, -0.1) is 0 Å². The Morgan fingerprint density at radius 3 is 2.32 bits per heavy atom. The molecule has 2 N–H and O–H groups in total. The highest BCUT2D eigenvalue weighted by Gasteiger charge is 2.13. The summed E-state index contributed by atoms with van der Waals surface area (Å²) in [7, 11) is 3.67. The highest BCUT2D eigenvalue weighted by Crippen LogP contribution is 2.19. The lowest BCUT2D eigenvalue weighted by Gasteiger charge is -2.22. The molecule has 1 rings (SSSR count). The fourth-order valence-electron chi connectivity index (χ4n) is 2.15. The molecule has 0 fully saturated rings. The Morgan fingerprint density at radius 1 is 1.26 bits per heavy atom. The summed E-state index contributed by atoms with van der Waals surface area (Å²) < 4.78 is 26.4. The molecule has 0 saturated carbocycles. The summed E-state index contributed by atoms with van der Waals surface area (Å²) in [5.74, 6) is -1.12. The number of aliphatic hydroxyl groups excluding tert-OH is 1. The number of halogens is 2. The molecule has 2 unspecified atom stereocenters. The van der Waals surface area contributed by atoms with E-state index in [1.165, 1.54) is 12.1 Å². The fraction of sp³-hybridized carbons (Fsp3) is 0.571. The minimum Gasteiger partial charge on any atom is -0.392 e. The van der Waals surface area contributed by atoms with E-state index in [9.17, 15) is 13.9 Å². The molecular formula is C14H22F2N2O. The number of rotatable bonds is 7. The third kappa shape index (κ3) is 5.63. The summed E-state index contributed by atoms with van der Waals surface area (Å²) in [6, 6.07) is 3.45. The van der Waals surface area contributed by atoms with Gasteiger partial charge in [-0.25, -0.2) is 8.78 Å². The summed E-state index contributed by atoms with van der Waals surface area (Å²) in [6.45, 7) is 3.04. The van der Waals surface area contributed by atoms with Crippen molar-refractivity contribution in [1.82, 2.24) is 10.2 Å².